The molecule has 0 heterocycles. The van der Waals surface area contributed by atoms with Gasteiger partial charge in [0.25, 0.3) is 0 Å². The molecule has 0 fully saturated rings. The maximum Gasteiger partial charge on any atom is 0.164 e. The summed E-state index contributed by atoms with van der Waals surface area (Å²) in [6, 6.07) is 0. The van der Waals surface area contributed by atoms with E-state index in [1.165, 1.54) is 122 Å². The van der Waals surface area contributed by atoms with Crippen LogP contribution in [0.2, 0.25) is 0 Å². The van der Waals surface area contributed by atoms with Gasteiger partial charge in [0.05, 0.1) is 12.5 Å². The SMILES string of the molecule is CCCCCCCCCCCCCCCCC(C(=O)CCCCCCCCCCCCC)C(=O)PC(O)C(O)CO. The first kappa shape index (κ1) is 40.6. The Morgan fingerprint density at radius 3 is 1.24 bits per heavy atom. The van der Waals surface area contributed by atoms with Gasteiger partial charge in [-0.3, -0.25) is 9.59 Å². The average Bonchev–Trinajstić information content (AvgIpc) is 2.97. The number of unbranched alkanes of at least 4 members (excludes halogenated alkanes) is 23. The molecule has 0 radical (unpaired) electrons. The lowest BCUT2D eigenvalue weighted by Gasteiger charge is -2.19. The van der Waals surface area contributed by atoms with Crippen molar-refractivity contribution in [2.75, 3.05) is 6.61 Å². The highest BCUT2D eigenvalue weighted by Gasteiger charge is 2.29. The number of rotatable bonds is 33. The van der Waals surface area contributed by atoms with Gasteiger partial charge in [0, 0.05) is 6.42 Å². The lowest BCUT2D eigenvalue weighted by atomic mass is 9.93. The van der Waals surface area contributed by atoms with E-state index in [0.29, 0.717) is 12.8 Å². The van der Waals surface area contributed by atoms with Gasteiger partial charge in [0.2, 0.25) is 0 Å². The predicted octanol–water partition coefficient (Wildman–Crippen LogP) is 9.62. The Hall–Kier alpha value is -0.350. The standard InChI is InChI=1S/C35H69O5P/c1-3-5-7-9-11-13-15-16-17-19-20-22-24-26-28-31(34(39)41-35(40)33(38)30-36)32(37)29-27-25-23-21-18-14-12-10-8-6-4-2/h31,33,35-36,38,40-41H,3-30H2,1-2H3. The zero-order valence-corrected chi connectivity index (χ0v) is 28.2. The highest BCUT2D eigenvalue weighted by atomic mass is 31.1. The van der Waals surface area contributed by atoms with Crippen molar-refractivity contribution in [1.29, 1.82) is 0 Å². The Bertz CT molecular complexity index is 585. The molecule has 0 spiro atoms. The molecule has 0 aliphatic rings. The summed E-state index contributed by atoms with van der Waals surface area (Å²) in [6.45, 7) is 3.92. The van der Waals surface area contributed by atoms with Crippen molar-refractivity contribution in [3.8, 4) is 0 Å². The summed E-state index contributed by atoms with van der Waals surface area (Å²) in [5.74, 6) is -1.96. The van der Waals surface area contributed by atoms with Gasteiger partial charge in [-0.15, -0.1) is 0 Å². The summed E-state index contributed by atoms with van der Waals surface area (Å²) in [5.41, 5.74) is -0.257. The lowest BCUT2D eigenvalue weighted by molar-refractivity contribution is -0.129. The molecule has 0 rings (SSSR count). The molecule has 0 saturated heterocycles. The van der Waals surface area contributed by atoms with E-state index in [-0.39, 0.29) is 11.3 Å². The topological polar surface area (TPSA) is 94.8 Å². The van der Waals surface area contributed by atoms with E-state index in [4.69, 9.17) is 5.11 Å². The summed E-state index contributed by atoms with van der Waals surface area (Å²) in [6.07, 6.45) is 30.8. The molecule has 0 aromatic heterocycles. The number of ketones is 1. The maximum atomic E-state index is 13.0. The van der Waals surface area contributed by atoms with Crippen molar-refractivity contribution >= 4 is 19.9 Å². The molecule has 4 atom stereocenters. The van der Waals surface area contributed by atoms with Crippen molar-refractivity contribution in [3.63, 3.8) is 0 Å². The summed E-state index contributed by atoms with van der Waals surface area (Å²) in [5, 5.41) is 28.8. The normalized spacial score (nSPS) is 14.1. The number of aliphatic hydroxyl groups is 3. The highest BCUT2D eigenvalue weighted by molar-refractivity contribution is 7.58. The van der Waals surface area contributed by atoms with Crippen LogP contribution in [0.5, 0.6) is 0 Å². The van der Waals surface area contributed by atoms with E-state index in [2.05, 4.69) is 13.8 Å². The molecule has 3 N–H and O–H groups in total. The molecule has 0 aliphatic carbocycles. The minimum atomic E-state index is -1.33. The Morgan fingerprint density at radius 2 is 0.878 bits per heavy atom. The van der Waals surface area contributed by atoms with Crippen molar-refractivity contribution in [2.24, 2.45) is 5.92 Å². The van der Waals surface area contributed by atoms with E-state index in [9.17, 15) is 19.8 Å². The number of hydrogen-bond acceptors (Lipinski definition) is 5. The van der Waals surface area contributed by atoms with Crippen LogP contribution in [0.25, 0.3) is 0 Å². The lowest BCUT2D eigenvalue weighted by Crippen LogP contribution is -2.29. The number of Topliss-reactive ketones (excluding diaryl/α,β-unsaturated/α-hetero) is 1. The van der Waals surface area contributed by atoms with E-state index >= 15 is 0 Å². The Morgan fingerprint density at radius 1 is 0.537 bits per heavy atom. The molecule has 0 aliphatic heterocycles. The first-order valence-corrected chi connectivity index (χ1v) is 18.9. The van der Waals surface area contributed by atoms with Crippen LogP contribution >= 0.6 is 8.58 Å². The van der Waals surface area contributed by atoms with Crippen LogP contribution < -0.4 is 0 Å². The largest absolute Gasteiger partial charge is 0.394 e. The molecule has 0 aromatic carbocycles. The Labute approximate surface area is 256 Å². The molecular formula is C35H69O5P. The second kappa shape index (κ2) is 31.1. The van der Waals surface area contributed by atoms with Crippen molar-refractivity contribution < 1.29 is 24.9 Å². The number of hydrogen-bond donors (Lipinski definition) is 3. The van der Waals surface area contributed by atoms with E-state index in [1.54, 1.807) is 0 Å². The number of carbonyl (C=O) groups excluding carboxylic acids is 2. The molecule has 6 heteroatoms. The summed E-state index contributed by atoms with van der Waals surface area (Å²) >= 11 is 0. The van der Waals surface area contributed by atoms with Crippen LogP contribution in [0.1, 0.15) is 187 Å². The zero-order chi connectivity index (χ0) is 30.4. The highest BCUT2D eigenvalue weighted by Crippen LogP contribution is 2.30. The van der Waals surface area contributed by atoms with E-state index < -0.39 is 33.1 Å². The molecule has 244 valence electrons. The van der Waals surface area contributed by atoms with Gasteiger partial charge >= 0.3 is 0 Å². The molecule has 41 heavy (non-hydrogen) atoms. The third kappa shape index (κ3) is 25.8. The predicted molar refractivity (Wildman–Crippen MR) is 177 cm³/mol. The number of carbonyl (C=O) groups is 2. The summed E-state index contributed by atoms with van der Waals surface area (Å²) in [7, 11) is -0.559. The quantitative estimate of drug-likeness (QED) is 0.0396. The second-order valence-electron chi connectivity index (χ2n) is 12.4. The van der Waals surface area contributed by atoms with Crippen molar-refractivity contribution in [3.05, 3.63) is 0 Å². The van der Waals surface area contributed by atoms with E-state index in [0.717, 1.165) is 38.5 Å². The van der Waals surface area contributed by atoms with Crippen molar-refractivity contribution in [1.82, 2.24) is 0 Å². The average molecular weight is 601 g/mol. The van der Waals surface area contributed by atoms with Gasteiger partial charge in [-0.2, -0.15) is 0 Å². The molecule has 0 saturated carbocycles. The van der Waals surface area contributed by atoms with Crippen LogP contribution in [0, 0.1) is 5.92 Å². The summed E-state index contributed by atoms with van der Waals surface area (Å²) < 4.78 is 0. The van der Waals surface area contributed by atoms with Gasteiger partial charge in [0.15, 0.2) is 5.52 Å². The monoisotopic (exact) mass is 600 g/mol. The maximum absolute atomic E-state index is 13.0. The molecule has 0 bridgehead atoms. The molecular weight excluding hydrogens is 531 g/mol. The van der Waals surface area contributed by atoms with Crippen LogP contribution in [0.3, 0.4) is 0 Å². The minimum absolute atomic E-state index is 0.00111. The van der Waals surface area contributed by atoms with Gasteiger partial charge in [-0.05, 0) is 21.4 Å². The van der Waals surface area contributed by atoms with Crippen LogP contribution in [0.4, 0.5) is 0 Å². The van der Waals surface area contributed by atoms with Gasteiger partial charge in [0.1, 0.15) is 17.7 Å². The second-order valence-corrected chi connectivity index (χ2v) is 13.8. The third-order valence-electron chi connectivity index (χ3n) is 8.42. The van der Waals surface area contributed by atoms with E-state index in [1.807, 2.05) is 0 Å². The molecule has 0 amide bonds. The van der Waals surface area contributed by atoms with Gasteiger partial charge in [-0.1, -0.05) is 168 Å². The van der Waals surface area contributed by atoms with Crippen LogP contribution in [-0.4, -0.2) is 45.2 Å². The fourth-order valence-electron chi connectivity index (χ4n) is 5.56. The van der Waals surface area contributed by atoms with Gasteiger partial charge < -0.3 is 15.3 Å². The van der Waals surface area contributed by atoms with Crippen LogP contribution in [-0.2, 0) is 9.59 Å². The first-order chi connectivity index (χ1) is 20.0. The summed E-state index contributed by atoms with van der Waals surface area (Å²) in [4.78, 5) is 25.9. The smallest absolute Gasteiger partial charge is 0.164 e. The molecule has 4 unspecified atom stereocenters. The number of aliphatic hydroxyl groups excluding tert-OH is 3. The minimum Gasteiger partial charge on any atom is -0.394 e. The molecule has 0 aromatic rings. The fourth-order valence-corrected chi connectivity index (χ4v) is 6.66. The Balaban J connectivity index is 4.19. The van der Waals surface area contributed by atoms with Gasteiger partial charge in [-0.25, -0.2) is 0 Å². The third-order valence-corrected chi connectivity index (χ3v) is 9.73. The fraction of sp³-hybridized carbons (Fsp3) is 0.943. The molecule has 5 nitrogen and oxygen atoms in total. The van der Waals surface area contributed by atoms with Crippen molar-refractivity contribution in [2.45, 2.75) is 199 Å². The first-order valence-electron chi connectivity index (χ1n) is 17.8. The Kier molecular flexibility index (Phi) is 30.8. The zero-order valence-electron chi connectivity index (χ0n) is 27.2. The van der Waals surface area contributed by atoms with Crippen LogP contribution in [0.15, 0.2) is 0 Å².